The number of hydrogen-bond acceptors (Lipinski definition) is 5. The quantitative estimate of drug-likeness (QED) is 0.402. The minimum atomic E-state index is -0.0420. The molecule has 0 unspecified atom stereocenters. The van der Waals surface area contributed by atoms with Crippen LogP contribution in [0.25, 0.3) is 10.9 Å². The van der Waals surface area contributed by atoms with Crippen molar-refractivity contribution >= 4 is 45.6 Å². The maximum absolute atomic E-state index is 12.3. The van der Waals surface area contributed by atoms with Gasteiger partial charge in [-0.15, -0.1) is 11.3 Å². The summed E-state index contributed by atoms with van der Waals surface area (Å²) in [5, 5.41) is 8.00. The van der Waals surface area contributed by atoms with Crippen LogP contribution in [0.1, 0.15) is 21.8 Å². The minimum Gasteiger partial charge on any atom is -0.325 e. The van der Waals surface area contributed by atoms with E-state index >= 15 is 0 Å². The number of aryl methyl sites for hydroxylation is 2. The van der Waals surface area contributed by atoms with E-state index < -0.39 is 0 Å². The van der Waals surface area contributed by atoms with Gasteiger partial charge in [0, 0.05) is 22.2 Å². The van der Waals surface area contributed by atoms with Crippen LogP contribution >= 0.6 is 23.1 Å². The molecule has 29 heavy (non-hydrogen) atoms. The first kappa shape index (κ1) is 19.6. The highest BCUT2D eigenvalue weighted by molar-refractivity contribution is 7.98. The van der Waals surface area contributed by atoms with E-state index in [0.29, 0.717) is 0 Å². The maximum atomic E-state index is 12.3. The maximum Gasteiger partial charge on any atom is 0.231 e. The summed E-state index contributed by atoms with van der Waals surface area (Å²) in [5.41, 5.74) is 5.12. The van der Waals surface area contributed by atoms with E-state index in [9.17, 15) is 4.79 Å². The van der Waals surface area contributed by atoms with Gasteiger partial charge in [-0.05, 0) is 43.2 Å². The topological polar surface area (TPSA) is 54.9 Å². The van der Waals surface area contributed by atoms with Crippen LogP contribution in [0.15, 0.2) is 65.0 Å². The van der Waals surface area contributed by atoms with E-state index in [0.717, 1.165) is 38.2 Å². The normalized spacial score (nSPS) is 11.0. The van der Waals surface area contributed by atoms with Gasteiger partial charge in [0.15, 0.2) is 0 Å². The second kappa shape index (κ2) is 8.76. The fourth-order valence-corrected chi connectivity index (χ4v) is 4.85. The van der Waals surface area contributed by atoms with Gasteiger partial charge in [-0.25, -0.2) is 9.97 Å². The van der Waals surface area contributed by atoms with E-state index in [-0.39, 0.29) is 12.3 Å². The first-order valence-corrected chi connectivity index (χ1v) is 11.2. The SMILES string of the molecule is Cc1ccccc1NC(=O)Cc1nc(CSc2cc(C)c3ccccc3n2)cs1. The van der Waals surface area contributed by atoms with Crippen molar-refractivity contribution in [3.63, 3.8) is 0 Å². The van der Waals surface area contributed by atoms with Crippen LogP contribution in [0.5, 0.6) is 0 Å². The molecule has 2 heterocycles. The Morgan fingerprint density at radius 3 is 2.69 bits per heavy atom. The van der Waals surface area contributed by atoms with Gasteiger partial charge in [-0.1, -0.05) is 48.2 Å². The summed E-state index contributed by atoms with van der Waals surface area (Å²) in [5.74, 6) is 0.695. The van der Waals surface area contributed by atoms with Crippen LogP contribution < -0.4 is 5.32 Å². The molecule has 0 bridgehead atoms. The predicted molar refractivity (Wildman–Crippen MR) is 122 cm³/mol. The predicted octanol–water partition coefficient (Wildman–Crippen LogP) is 5.78. The molecule has 0 atom stereocenters. The van der Waals surface area contributed by atoms with E-state index in [4.69, 9.17) is 4.98 Å². The van der Waals surface area contributed by atoms with E-state index in [2.05, 4.69) is 29.4 Å². The van der Waals surface area contributed by atoms with Crippen molar-refractivity contribution in [1.29, 1.82) is 0 Å². The fraction of sp³-hybridized carbons (Fsp3) is 0.174. The van der Waals surface area contributed by atoms with Crippen molar-refractivity contribution in [2.45, 2.75) is 31.0 Å². The summed E-state index contributed by atoms with van der Waals surface area (Å²) in [6.45, 7) is 4.10. The van der Waals surface area contributed by atoms with Crippen LogP contribution in [0.2, 0.25) is 0 Å². The van der Waals surface area contributed by atoms with Crippen LogP contribution in [0.4, 0.5) is 5.69 Å². The second-order valence-electron chi connectivity index (χ2n) is 6.86. The Morgan fingerprint density at radius 2 is 1.83 bits per heavy atom. The number of benzene rings is 2. The molecule has 146 valence electrons. The van der Waals surface area contributed by atoms with Crippen LogP contribution in [-0.2, 0) is 17.0 Å². The number of carbonyl (C=O) groups excluding carboxylic acids is 1. The summed E-state index contributed by atoms with van der Waals surface area (Å²) in [6, 6.07) is 18.1. The Morgan fingerprint density at radius 1 is 1.03 bits per heavy atom. The highest BCUT2D eigenvalue weighted by Crippen LogP contribution is 2.26. The number of para-hydroxylation sites is 2. The molecular weight excluding hydrogens is 398 g/mol. The smallest absolute Gasteiger partial charge is 0.231 e. The standard InChI is InChI=1S/C23H21N3OS2/c1-15-7-3-5-9-19(15)25-21(27)12-23-24-17(14-29-23)13-28-22-11-16(2)18-8-4-6-10-20(18)26-22/h3-11,14H,12-13H2,1-2H3,(H,25,27). The molecular formula is C23H21N3OS2. The minimum absolute atomic E-state index is 0.0420. The summed E-state index contributed by atoms with van der Waals surface area (Å²) in [4.78, 5) is 21.7. The van der Waals surface area contributed by atoms with Crippen molar-refractivity contribution in [2.75, 3.05) is 5.32 Å². The Bertz CT molecular complexity index is 1170. The molecule has 0 aliphatic heterocycles. The molecule has 2 aromatic heterocycles. The van der Waals surface area contributed by atoms with Gasteiger partial charge in [0.2, 0.25) is 5.91 Å². The average molecular weight is 420 g/mol. The lowest BCUT2D eigenvalue weighted by atomic mass is 10.1. The van der Waals surface area contributed by atoms with E-state index in [1.165, 1.54) is 22.3 Å². The Kier molecular flexibility index (Phi) is 5.92. The number of rotatable bonds is 6. The molecule has 0 aliphatic carbocycles. The Labute approximate surface area is 178 Å². The number of hydrogen-bond donors (Lipinski definition) is 1. The molecule has 0 spiro atoms. The Hall–Kier alpha value is -2.70. The third-order valence-corrected chi connectivity index (χ3v) is 6.44. The Balaban J connectivity index is 1.37. The number of fused-ring (bicyclic) bond motifs is 1. The van der Waals surface area contributed by atoms with Crippen LogP contribution in [0.3, 0.4) is 0 Å². The molecule has 4 aromatic rings. The molecule has 6 heteroatoms. The number of anilines is 1. The first-order valence-electron chi connectivity index (χ1n) is 9.36. The molecule has 4 nitrogen and oxygen atoms in total. The zero-order chi connectivity index (χ0) is 20.2. The third-order valence-electron chi connectivity index (χ3n) is 4.60. The molecule has 0 fully saturated rings. The molecule has 0 saturated carbocycles. The molecule has 2 aromatic carbocycles. The van der Waals surface area contributed by atoms with Gasteiger partial charge in [-0.3, -0.25) is 4.79 Å². The zero-order valence-electron chi connectivity index (χ0n) is 16.3. The molecule has 4 rings (SSSR count). The molecule has 0 radical (unpaired) electrons. The lowest BCUT2D eigenvalue weighted by molar-refractivity contribution is -0.115. The van der Waals surface area contributed by atoms with Gasteiger partial charge in [0.05, 0.1) is 22.7 Å². The third kappa shape index (κ3) is 4.83. The zero-order valence-corrected chi connectivity index (χ0v) is 17.9. The molecule has 1 amide bonds. The summed E-state index contributed by atoms with van der Waals surface area (Å²) in [7, 11) is 0. The number of carbonyl (C=O) groups is 1. The van der Waals surface area contributed by atoms with Gasteiger partial charge < -0.3 is 5.32 Å². The van der Waals surface area contributed by atoms with Gasteiger partial charge in [0.1, 0.15) is 5.01 Å². The number of thiazole rings is 1. The number of nitrogens with zero attached hydrogens (tertiary/aromatic N) is 2. The molecule has 1 N–H and O–H groups in total. The molecule has 0 aliphatic rings. The van der Waals surface area contributed by atoms with Crippen molar-refractivity contribution in [3.05, 3.63) is 81.8 Å². The fourth-order valence-electron chi connectivity index (χ4n) is 3.08. The largest absolute Gasteiger partial charge is 0.325 e. The van der Waals surface area contributed by atoms with Crippen molar-refractivity contribution in [3.8, 4) is 0 Å². The summed E-state index contributed by atoms with van der Waals surface area (Å²) < 4.78 is 0. The number of amides is 1. The summed E-state index contributed by atoms with van der Waals surface area (Å²) in [6.07, 6.45) is 0.289. The second-order valence-corrected chi connectivity index (χ2v) is 8.79. The number of nitrogens with one attached hydrogen (secondary N) is 1. The van der Waals surface area contributed by atoms with Crippen molar-refractivity contribution in [1.82, 2.24) is 9.97 Å². The number of aromatic nitrogens is 2. The number of thioether (sulfide) groups is 1. The number of pyridine rings is 1. The first-order chi connectivity index (χ1) is 14.1. The monoisotopic (exact) mass is 419 g/mol. The van der Waals surface area contributed by atoms with Crippen molar-refractivity contribution in [2.24, 2.45) is 0 Å². The lowest BCUT2D eigenvalue weighted by Crippen LogP contribution is -2.15. The van der Waals surface area contributed by atoms with Gasteiger partial charge >= 0.3 is 0 Å². The van der Waals surface area contributed by atoms with Crippen LogP contribution in [-0.4, -0.2) is 15.9 Å². The highest BCUT2D eigenvalue weighted by Gasteiger charge is 2.10. The van der Waals surface area contributed by atoms with E-state index in [1.54, 1.807) is 11.8 Å². The molecule has 0 saturated heterocycles. The van der Waals surface area contributed by atoms with Gasteiger partial charge in [-0.2, -0.15) is 0 Å². The average Bonchev–Trinajstić information content (AvgIpc) is 3.15. The summed E-state index contributed by atoms with van der Waals surface area (Å²) >= 11 is 3.20. The lowest BCUT2D eigenvalue weighted by Gasteiger charge is -2.06. The van der Waals surface area contributed by atoms with Crippen LogP contribution in [0, 0.1) is 13.8 Å². The van der Waals surface area contributed by atoms with E-state index in [1.807, 2.05) is 54.8 Å². The van der Waals surface area contributed by atoms with Gasteiger partial charge in [0.25, 0.3) is 0 Å². The van der Waals surface area contributed by atoms with Crippen molar-refractivity contribution < 1.29 is 4.79 Å². The highest BCUT2D eigenvalue weighted by atomic mass is 32.2.